The molecule has 6 rings (SSSR count). The predicted octanol–water partition coefficient (Wildman–Crippen LogP) is 7.66. The second kappa shape index (κ2) is 14.1. The van der Waals surface area contributed by atoms with Crippen molar-refractivity contribution in [2.45, 2.75) is 115 Å². The molecule has 0 spiro atoms. The summed E-state index contributed by atoms with van der Waals surface area (Å²) < 4.78 is 0. The summed E-state index contributed by atoms with van der Waals surface area (Å²) >= 11 is 0. The van der Waals surface area contributed by atoms with Gasteiger partial charge in [-0.3, -0.25) is 9.59 Å². The summed E-state index contributed by atoms with van der Waals surface area (Å²) in [5.41, 5.74) is 7.42. The monoisotopic (exact) mass is 648 g/mol. The highest BCUT2D eigenvalue weighted by molar-refractivity contribution is 6.02. The molecule has 1 saturated carbocycles. The first-order valence-corrected chi connectivity index (χ1v) is 17.9. The van der Waals surface area contributed by atoms with Crippen LogP contribution in [0.1, 0.15) is 117 Å². The Morgan fingerprint density at radius 3 is 2.35 bits per heavy atom. The molecule has 2 aromatic carbocycles. The minimum absolute atomic E-state index is 0.00225. The van der Waals surface area contributed by atoms with Crippen LogP contribution in [-0.4, -0.2) is 52.8 Å². The summed E-state index contributed by atoms with van der Waals surface area (Å²) in [7, 11) is 4.11. The fraction of sp³-hybridized carbons (Fsp3) is 0.500. The van der Waals surface area contributed by atoms with Crippen LogP contribution < -0.4 is 15.5 Å². The molecule has 2 aliphatic rings. The number of aryl methyl sites for hydroxylation is 2. The molecule has 48 heavy (non-hydrogen) atoms. The number of Topliss-reactive ketones (excluding diaryl/α,β-unsaturated/α-hetero) is 1. The zero-order valence-corrected chi connectivity index (χ0v) is 29.6. The van der Waals surface area contributed by atoms with Crippen molar-refractivity contribution >= 4 is 34.4 Å². The number of hydrogen-bond donors (Lipinski definition) is 3. The van der Waals surface area contributed by atoms with Crippen LogP contribution in [0.3, 0.4) is 0 Å². The molecule has 0 aliphatic heterocycles. The maximum Gasteiger partial charge on any atom is 0.228 e. The fourth-order valence-corrected chi connectivity index (χ4v) is 7.50. The van der Waals surface area contributed by atoms with Gasteiger partial charge in [0.2, 0.25) is 11.9 Å². The second-order valence-corrected chi connectivity index (χ2v) is 15.0. The number of nitrogens with zero attached hydrogens (tertiary/aromatic N) is 3. The molecule has 0 radical (unpaired) electrons. The maximum absolute atomic E-state index is 14.2. The lowest BCUT2D eigenvalue weighted by molar-refractivity contribution is -0.123. The first kappa shape index (κ1) is 33.7. The van der Waals surface area contributed by atoms with Gasteiger partial charge in [-0.05, 0) is 79.9 Å². The number of carbonyl (C=O) groups is 2. The van der Waals surface area contributed by atoms with Gasteiger partial charge < -0.3 is 20.5 Å². The number of ketones is 1. The third-order valence-electron chi connectivity index (χ3n) is 10.4. The number of H-pyrrole nitrogens is 1. The number of benzene rings is 2. The quantitative estimate of drug-likeness (QED) is 0.153. The van der Waals surface area contributed by atoms with E-state index in [1.54, 1.807) is 0 Å². The molecule has 2 aliphatic carbocycles. The van der Waals surface area contributed by atoms with Crippen molar-refractivity contribution < 1.29 is 9.59 Å². The summed E-state index contributed by atoms with van der Waals surface area (Å²) in [4.78, 5) is 43.2. The lowest BCUT2D eigenvalue weighted by Gasteiger charge is -2.31. The van der Waals surface area contributed by atoms with Crippen LogP contribution in [0.4, 0.5) is 11.8 Å². The average Bonchev–Trinajstić information content (AvgIpc) is 3.51. The molecule has 1 unspecified atom stereocenters. The van der Waals surface area contributed by atoms with Crippen molar-refractivity contribution in [3.05, 3.63) is 82.2 Å². The van der Waals surface area contributed by atoms with Gasteiger partial charge in [0.1, 0.15) is 5.82 Å². The first-order chi connectivity index (χ1) is 23.0. The number of aromatic amines is 1. The van der Waals surface area contributed by atoms with Gasteiger partial charge in [-0.25, -0.2) is 4.98 Å². The summed E-state index contributed by atoms with van der Waals surface area (Å²) in [5.74, 6) is 1.04. The van der Waals surface area contributed by atoms with Gasteiger partial charge in [0.05, 0.1) is 11.6 Å². The molecule has 3 N–H and O–H groups in total. The Labute approximate surface area is 285 Å². The highest BCUT2D eigenvalue weighted by atomic mass is 16.2. The number of anilines is 2. The fourth-order valence-electron chi connectivity index (χ4n) is 7.50. The van der Waals surface area contributed by atoms with Crippen molar-refractivity contribution in [3.63, 3.8) is 0 Å². The molecule has 1 atom stereocenters. The van der Waals surface area contributed by atoms with Crippen LogP contribution in [0.2, 0.25) is 0 Å². The summed E-state index contributed by atoms with van der Waals surface area (Å²) in [5, 5.41) is 8.00. The Bertz CT molecular complexity index is 1760. The van der Waals surface area contributed by atoms with Crippen molar-refractivity contribution in [1.29, 1.82) is 0 Å². The molecule has 1 amide bonds. The van der Waals surface area contributed by atoms with E-state index in [2.05, 4.69) is 74.4 Å². The number of hydrogen-bond acceptors (Lipinski definition) is 6. The predicted molar refractivity (Wildman–Crippen MR) is 195 cm³/mol. The molecule has 1 fully saturated rings. The van der Waals surface area contributed by atoms with E-state index in [1.165, 1.54) is 35.2 Å². The van der Waals surface area contributed by atoms with Gasteiger partial charge in [-0.15, -0.1) is 0 Å². The van der Waals surface area contributed by atoms with Crippen molar-refractivity contribution in [3.8, 4) is 0 Å². The van der Waals surface area contributed by atoms with Gasteiger partial charge in [0.25, 0.3) is 0 Å². The Morgan fingerprint density at radius 2 is 1.67 bits per heavy atom. The zero-order chi connectivity index (χ0) is 34.0. The van der Waals surface area contributed by atoms with Crippen LogP contribution in [0.5, 0.6) is 0 Å². The van der Waals surface area contributed by atoms with Crippen LogP contribution >= 0.6 is 0 Å². The van der Waals surface area contributed by atoms with E-state index >= 15 is 0 Å². The molecule has 8 heteroatoms. The van der Waals surface area contributed by atoms with Crippen molar-refractivity contribution in [2.24, 2.45) is 0 Å². The summed E-state index contributed by atoms with van der Waals surface area (Å²) in [6.07, 6.45) is 10.9. The maximum atomic E-state index is 14.2. The number of fused-ring (bicyclic) bond motifs is 2. The molecule has 2 heterocycles. The Hall–Kier alpha value is -4.20. The minimum Gasteiger partial charge on any atom is -0.362 e. The number of carbonyl (C=O) groups excluding carboxylic acids is 2. The Balaban J connectivity index is 1.16. The van der Waals surface area contributed by atoms with Gasteiger partial charge in [-0.2, -0.15) is 4.98 Å². The van der Waals surface area contributed by atoms with Crippen molar-refractivity contribution in [2.75, 3.05) is 24.3 Å². The third-order valence-corrected chi connectivity index (χ3v) is 10.4. The van der Waals surface area contributed by atoms with Gasteiger partial charge in [0, 0.05) is 60.8 Å². The molecule has 0 bridgehead atoms. The van der Waals surface area contributed by atoms with Gasteiger partial charge in [0.15, 0.2) is 5.78 Å². The van der Waals surface area contributed by atoms with Crippen LogP contribution in [0.25, 0.3) is 10.9 Å². The Kier molecular flexibility index (Phi) is 9.90. The first-order valence-electron chi connectivity index (χ1n) is 17.9. The number of rotatable bonds is 10. The summed E-state index contributed by atoms with van der Waals surface area (Å²) in [6, 6.07) is 14.4. The standard InChI is InChI=1S/C40H52N6O2/c1-7-25-11-10-13-30-33(24-41-36(25)30)32(23-35(47)26-15-17-27(18-16-26)40(2,3)4)38(48)42-28-19-21-29(22-20-28)43-39-44-34-14-9-8-12-31(34)37(45-39)46(5)6/h10-11,13,15-18,24,28-29,32,41H,7-9,12,14,19-23H2,1-6H3,(H,42,48)(H,43,44,45)/t28-,29+,32?. The molecular weight excluding hydrogens is 596 g/mol. The van der Waals surface area contributed by atoms with Crippen LogP contribution in [0.15, 0.2) is 48.7 Å². The average molecular weight is 649 g/mol. The van der Waals surface area contributed by atoms with E-state index in [4.69, 9.17) is 9.97 Å². The largest absolute Gasteiger partial charge is 0.362 e. The van der Waals surface area contributed by atoms with E-state index in [9.17, 15) is 9.59 Å². The van der Waals surface area contributed by atoms with E-state index in [0.29, 0.717) is 11.5 Å². The van der Waals surface area contributed by atoms with Crippen LogP contribution in [0, 0.1) is 0 Å². The highest BCUT2D eigenvalue weighted by Gasteiger charge is 2.31. The molecule has 0 saturated heterocycles. The van der Waals surface area contributed by atoms with Crippen LogP contribution in [-0.2, 0) is 29.5 Å². The lowest BCUT2D eigenvalue weighted by Crippen LogP contribution is -2.42. The van der Waals surface area contributed by atoms with E-state index in [0.717, 1.165) is 67.2 Å². The normalized spacial score (nSPS) is 18.6. The highest BCUT2D eigenvalue weighted by Crippen LogP contribution is 2.33. The molecule has 8 nitrogen and oxygen atoms in total. The van der Waals surface area contributed by atoms with Crippen molar-refractivity contribution in [1.82, 2.24) is 20.3 Å². The number of amides is 1. The Morgan fingerprint density at radius 1 is 0.958 bits per heavy atom. The lowest BCUT2D eigenvalue weighted by atomic mass is 9.85. The smallest absolute Gasteiger partial charge is 0.228 e. The van der Waals surface area contributed by atoms with E-state index < -0.39 is 5.92 Å². The molecule has 2 aromatic heterocycles. The zero-order valence-electron chi connectivity index (χ0n) is 29.6. The van der Waals surface area contributed by atoms with E-state index in [1.807, 2.05) is 36.5 Å². The van der Waals surface area contributed by atoms with Gasteiger partial charge >= 0.3 is 0 Å². The van der Waals surface area contributed by atoms with E-state index in [-0.39, 0.29) is 35.6 Å². The van der Waals surface area contributed by atoms with Gasteiger partial charge in [-0.1, -0.05) is 70.2 Å². The number of nitrogens with one attached hydrogen (secondary N) is 3. The SMILES string of the molecule is CCc1cccc2c(C(CC(=O)c3ccc(C(C)(C)C)cc3)C(=O)N[C@H]3CC[C@@H](Nc4nc5c(c(N(C)C)n4)CCCC5)CC3)c[nH]c12. The minimum atomic E-state index is -0.593. The topological polar surface area (TPSA) is 103 Å². The second-order valence-electron chi connectivity index (χ2n) is 15.0. The number of aromatic nitrogens is 3. The molecule has 254 valence electrons. The molecular formula is C40H52N6O2. The summed E-state index contributed by atoms with van der Waals surface area (Å²) in [6.45, 7) is 8.63. The third kappa shape index (κ3) is 7.27. The molecule has 4 aromatic rings. The number of para-hydroxylation sites is 1.